The third kappa shape index (κ3) is 2.37. The van der Waals surface area contributed by atoms with Crippen molar-refractivity contribution in [1.29, 1.82) is 5.26 Å². The lowest BCUT2D eigenvalue weighted by Crippen LogP contribution is -2.11. The Balaban J connectivity index is 3.37. The van der Waals surface area contributed by atoms with Gasteiger partial charge in [-0.15, -0.1) is 12.6 Å². The summed E-state index contributed by atoms with van der Waals surface area (Å²) < 4.78 is 4.94. The highest BCUT2D eigenvalue weighted by molar-refractivity contribution is 7.80. The Morgan fingerprint density at radius 1 is 1.50 bits per heavy atom. The van der Waals surface area contributed by atoms with Gasteiger partial charge in [-0.05, 0) is 25.0 Å². The Kier molecular flexibility index (Phi) is 4.39. The number of carbonyl (C=O) groups is 1. The Labute approximate surface area is 100 Å². The number of carbonyl (C=O) groups excluding carboxylic acids is 1. The van der Waals surface area contributed by atoms with Crippen LogP contribution in [0.2, 0.25) is 0 Å². The molecule has 0 amide bonds. The van der Waals surface area contributed by atoms with Crippen LogP contribution in [0.15, 0.2) is 17.0 Å². The molecule has 0 saturated heterocycles. The molecule has 1 rings (SSSR count). The number of nitriles is 1. The van der Waals surface area contributed by atoms with Gasteiger partial charge in [-0.2, -0.15) is 5.26 Å². The molecule has 3 nitrogen and oxygen atoms in total. The van der Waals surface area contributed by atoms with Gasteiger partial charge < -0.3 is 4.74 Å². The molecular weight excluding hydrogens is 222 g/mol. The van der Waals surface area contributed by atoms with E-state index in [4.69, 9.17) is 10.00 Å². The minimum Gasteiger partial charge on any atom is -0.462 e. The lowest BCUT2D eigenvalue weighted by atomic mass is 10.00. The minimum absolute atomic E-state index is 0.293. The third-order valence-corrected chi connectivity index (χ3v) is 2.61. The fraction of sp³-hybridized carbons (Fsp3) is 0.333. The molecule has 0 atom stereocenters. The molecule has 0 aliphatic carbocycles. The standard InChI is InChI=1S/C12H13NO2S/c1-3-8-5-6-10(16)9(7-13)11(8)12(14)15-4-2/h5-6,16H,3-4H2,1-2H3. The molecule has 4 heteroatoms. The molecule has 0 aliphatic heterocycles. The van der Waals surface area contributed by atoms with Crippen molar-refractivity contribution in [3.63, 3.8) is 0 Å². The van der Waals surface area contributed by atoms with Crippen molar-refractivity contribution in [2.75, 3.05) is 6.61 Å². The SMILES string of the molecule is CCOC(=O)c1c(CC)ccc(S)c1C#N. The van der Waals surface area contributed by atoms with Crippen LogP contribution < -0.4 is 0 Å². The highest BCUT2D eigenvalue weighted by Crippen LogP contribution is 2.23. The van der Waals surface area contributed by atoms with Crippen LogP contribution >= 0.6 is 12.6 Å². The molecule has 0 radical (unpaired) electrons. The van der Waals surface area contributed by atoms with Crippen LogP contribution in [-0.2, 0) is 11.2 Å². The van der Waals surface area contributed by atoms with Gasteiger partial charge in [0, 0.05) is 4.90 Å². The number of thiol groups is 1. The predicted molar refractivity (Wildman–Crippen MR) is 63.7 cm³/mol. The first kappa shape index (κ1) is 12.6. The van der Waals surface area contributed by atoms with Crippen molar-refractivity contribution in [2.45, 2.75) is 25.2 Å². The summed E-state index contributed by atoms with van der Waals surface area (Å²) >= 11 is 4.17. The van der Waals surface area contributed by atoms with Gasteiger partial charge in [0.05, 0.1) is 17.7 Å². The van der Waals surface area contributed by atoms with Gasteiger partial charge in [0.2, 0.25) is 0 Å². The number of rotatable bonds is 3. The second-order valence-electron chi connectivity index (χ2n) is 3.18. The number of benzene rings is 1. The van der Waals surface area contributed by atoms with Crippen LogP contribution in [-0.4, -0.2) is 12.6 Å². The van der Waals surface area contributed by atoms with Crippen molar-refractivity contribution >= 4 is 18.6 Å². The summed E-state index contributed by atoms with van der Waals surface area (Å²) in [4.78, 5) is 12.3. The summed E-state index contributed by atoms with van der Waals surface area (Å²) in [6.45, 7) is 3.96. The number of ether oxygens (including phenoxy) is 1. The van der Waals surface area contributed by atoms with Crippen LogP contribution in [0.4, 0.5) is 0 Å². The van der Waals surface area contributed by atoms with Gasteiger partial charge in [-0.3, -0.25) is 0 Å². The fourth-order valence-corrected chi connectivity index (χ4v) is 1.72. The largest absolute Gasteiger partial charge is 0.462 e. The fourth-order valence-electron chi connectivity index (χ4n) is 1.48. The van der Waals surface area contributed by atoms with Gasteiger partial charge >= 0.3 is 5.97 Å². The van der Waals surface area contributed by atoms with E-state index < -0.39 is 5.97 Å². The van der Waals surface area contributed by atoms with E-state index in [1.54, 1.807) is 19.1 Å². The summed E-state index contributed by atoms with van der Waals surface area (Å²) in [6.07, 6.45) is 0.677. The highest BCUT2D eigenvalue weighted by atomic mass is 32.1. The Morgan fingerprint density at radius 2 is 2.19 bits per heavy atom. The predicted octanol–water partition coefficient (Wildman–Crippen LogP) is 2.59. The second kappa shape index (κ2) is 5.57. The van der Waals surface area contributed by atoms with Crippen molar-refractivity contribution < 1.29 is 9.53 Å². The zero-order valence-electron chi connectivity index (χ0n) is 9.28. The van der Waals surface area contributed by atoms with E-state index in [1.165, 1.54) is 0 Å². The van der Waals surface area contributed by atoms with E-state index in [2.05, 4.69) is 12.6 Å². The number of hydrogen-bond acceptors (Lipinski definition) is 4. The molecule has 0 N–H and O–H groups in total. The maximum atomic E-state index is 11.7. The molecule has 0 unspecified atom stereocenters. The average molecular weight is 235 g/mol. The van der Waals surface area contributed by atoms with Crippen molar-refractivity contribution in [1.82, 2.24) is 0 Å². The maximum Gasteiger partial charge on any atom is 0.339 e. The number of hydrogen-bond donors (Lipinski definition) is 1. The van der Waals surface area contributed by atoms with Gasteiger partial charge in [0.25, 0.3) is 0 Å². The molecular formula is C12H13NO2S. The highest BCUT2D eigenvalue weighted by Gasteiger charge is 2.18. The first-order chi connectivity index (χ1) is 7.65. The maximum absolute atomic E-state index is 11.7. The van der Waals surface area contributed by atoms with Gasteiger partial charge in [-0.1, -0.05) is 13.0 Å². The van der Waals surface area contributed by atoms with Crippen LogP contribution in [0.25, 0.3) is 0 Å². The van der Waals surface area contributed by atoms with Crippen LogP contribution in [0.3, 0.4) is 0 Å². The molecule has 0 aromatic heterocycles. The molecule has 0 saturated carbocycles. The van der Waals surface area contributed by atoms with Gasteiger partial charge in [0.1, 0.15) is 6.07 Å². The summed E-state index contributed by atoms with van der Waals surface area (Å²) in [5.41, 5.74) is 1.45. The van der Waals surface area contributed by atoms with E-state index in [9.17, 15) is 4.79 Å². The van der Waals surface area contributed by atoms with Gasteiger partial charge in [0.15, 0.2) is 0 Å². The Hall–Kier alpha value is -1.47. The topological polar surface area (TPSA) is 50.1 Å². The van der Waals surface area contributed by atoms with E-state index in [-0.39, 0.29) is 0 Å². The molecule has 84 valence electrons. The quantitative estimate of drug-likeness (QED) is 0.647. The molecule has 16 heavy (non-hydrogen) atoms. The first-order valence-corrected chi connectivity index (χ1v) is 5.52. The molecule has 1 aromatic carbocycles. The Morgan fingerprint density at radius 3 is 2.69 bits per heavy atom. The lowest BCUT2D eigenvalue weighted by Gasteiger charge is -2.10. The van der Waals surface area contributed by atoms with E-state index in [0.717, 1.165) is 5.56 Å². The zero-order valence-corrected chi connectivity index (χ0v) is 10.2. The second-order valence-corrected chi connectivity index (χ2v) is 3.66. The molecule has 0 aliphatic rings. The molecule has 0 spiro atoms. The third-order valence-electron chi connectivity index (χ3n) is 2.24. The van der Waals surface area contributed by atoms with Crippen molar-refractivity contribution in [3.8, 4) is 6.07 Å². The Bertz CT molecular complexity index is 449. The smallest absolute Gasteiger partial charge is 0.339 e. The zero-order chi connectivity index (χ0) is 12.1. The number of nitrogens with zero attached hydrogens (tertiary/aromatic N) is 1. The summed E-state index contributed by atoms with van der Waals surface area (Å²) in [5, 5.41) is 9.03. The summed E-state index contributed by atoms with van der Waals surface area (Å²) in [6, 6.07) is 5.53. The monoisotopic (exact) mass is 235 g/mol. The summed E-state index contributed by atoms with van der Waals surface area (Å²) in [7, 11) is 0. The first-order valence-electron chi connectivity index (χ1n) is 5.07. The van der Waals surface area contributed by atoms with Crippen LogP contribution in [0.5, 0.6) is 0 Å². The molecule has 1 aromatic rings. The normalized spacial score (nSPS) is 9.62. The van der Waals surface area contributed by atoms with Crippen LogP contribution in [0.1, 0.15) is 35.3 Å². The molecule has 0 bridgehead atoms. The van der Waals surface area contributed by atoms with Gasteiger partial charge in [-0.25, -0.2) is 4.79 Å². The van der Waals surface area contributed by atoms with Crippen LogP contribution in [0, 0.1) is 11.3 Å². The van der Waals surface area contributed by atoms with Crippen molar-refractivity contribution in [3.05, 3.63) is 28.8 Å². The van der Waals surface area contributed by atoms with E-state index in [0.29, 0.717) is 29.1 Å². The lowest BCUT2D eigenvalue weighted by molar-refractivity contribution is 0.0524. The minimum atomic E-state index is -0.452. The van der Waals surface area contributed by atoms with E-state index in [1.807, 2.05) is 13.0 Å². The number of esters is 1. The average Bonchev–Trinajstić information content (AvgIpc) is 2.28. The number of aryl methyl sites for hydroxylation is 1. The van der Waals surface area contributed by atoms with Crippen molar-refractivity contribution in [2.24, 2.45) is 0 Å². The van der Waals surface area contributed by atoms with E-state index >= 15 is 0 Å². The molecule has 0 fully saturated rings. The molecule has 0 heterocycles. The summed E-state index contributed by atoms with van der Waals surface area (Å²) in [5.74, 6) is -0.452.